The van der Waals surface area contributed by atoms with Crippen molar-refractivity contribution in [2.45, 2.75) is 6.42 Å². The van der Waals surface area contributed by atoms with Gasteiger partial charge >= 0.3 is 0 Å². The van der Waals surface area contributed by atoms with Crippen molar-refractivity contribution in [1.82, 2.24) is 0 Å². The maximum Gasteiger partial charge on any atom is 0.169 e. The van der Waals surface area contributed by atoms with E-state index in [9.17, 15) is 13.6 Å². The first-order valence-electron chi connectivity index (χ1n) is 3.84. The predicted molar refractivity (Wildman–Crippen MR) is 44.4 cm³/mol. The molecule has 1 aromatic carbocycles. The lowest BCUT2D eigenvalue weighted by Crippen LogP contribution is -2.10. The molecule has 0 unspecified atom stereocenters. The van der Waals surface area contributed by atoms with Crippen LogP contribution in [0.5, 0.6) is 0 Å². The summed E-state index contributed by atoms with van der Waals surface area (Å²) >= 11 is 0. The maximum absolute atomic E-state index is 12.9. The Hall–Kier alpha value is -1.29. The SMILES string of the molecule is NCCC(=O)c1cccc(F)c1F. The molecule has 4 heteroatoms. The van der Waals surface area contributed by atoms with Crippen molar-refractivity contribution in [3.05, 3.63) is 35.4 Å². The van der Waals surface area contributed by atoms with Gasteiger partial charge in [0.1, 0.15) is 0 Å². The second-order valence-electron chi connectivity index (χ2n) is 2.56. The van der Waals surface area contributed by atoms with Crippen molar-refractivity contribution in [3.63, 3.8) is 0 Å². The number of hydrogen-bond acceptors (Lipinski definition) is 2. The number of halogens is 2. The van der Waals surface area contributed by atoms with Crippen LogP contribution in [-0.2, 0) is 0 Å². The van der Waals surface area contributed by atoms with Gasteiger partial charge in [-0.2, -0.15) is 0 Å². The molecular weight excluding hydrogens is 176 g/mol. The number of carbonyl (C=O) groups excluding carboxylic acids is 1. The Labute approximate surface area is 74.4 Å². The van der Waals surface area contributed by atoms with E-state index >= 15 is 0 Å². The van der Waals surface area contributed by atoms with E-state index in [1.165, 1.54) is 12.1 Å². The standard InChI is InChI=1S/C9H9F2NO/c10-7-3-1-2-6(9(7)11)8(13)4-5-12/h1-3H,4-5,12H2. The first-order valence-corrected chi connectivity index (χ1v) is 3.84. The van der Waals surface area contributed by atoms with Gasteiger partial charge in [0, 0.05) is 6.42 Å². The maximum atomic E-state index is 12.9. The van der Waals surface area contributed by atoms with Crippen molar-refractivity contribution in [2.24, 2.45) is 5.73 Å². The van der Waals surface area contributed by atoms with E-state index in [4.69, 9.17) is 5.73 Å². The molecule has 0 atom stereocenters. The Morgan fingerprint density at radius 3 is 2.69 bits per heavy atom. The van der Waals surface area contributed by atoms with Crippen LogP contribution in [0.3, 0.4) is 0 Å². The van der Waals surface area contributed by atoms with Crippen molar-refractivity contribution in [1.29, 1.82) is 0 Å². The van der Waals surface area contributed by atoms with E-state index in [0.717, 1.165) is 6.07 Å². The summed E-state index contributed by atoms with van der Waals surface area (Å²) in [4.78, 5) is 11.1. The molecule has 0 bridgehead atoms. The number of nitrogens with two attached hydrogens (primary N) is 1. The van der Waals surface area contributed by atoms with Gasteiger partial charge in [-0.1, -0.05) is 6.07 Å². The summed E-state index contributed by atoms with van der Waals surface area (Å²) in [6.07, 6.45) is 0.0281. The van der Waals surface area contributed by atoms with Crippen LogP contribution in [0.2, 0.25) is 0 Å². The quantitative estimate of drug-likeness (QED) is 0.725. The van der Waals surface area contributed by atoms with Crippen LogP contribution in [0.25, 0.3) is 0 Å². The molecule has 13 heavy (non-hydrogen) atoms. The van der Waals surface area contributed by atoms with Crippen LogP contribution < -0.4 is 5.73 Å². The van der Waals surface area contributed by atoms with Gasteiger partial charge in [0.05, 0.1) is 5.56 Å². The monoisotopic (exact) mass is 185 g/mol. The number of Topliss-reactive ketones (excluding diaryl/α,β-unsaturated/α-hetero) is 1. The zero-order valence-electron chi connectivity index (χ0n) is 6.89. The van der Waals surface area contributed by atoms with Crippen LogP contribution in [0.4, 0.5) is 8.78 Å². The highest BCUT2D eigenvalue weighted by Crippen LogP contribution is 2.12. The van der Waals surface area contributed by atoms with Crippen molar-refractivity contribution >= 4 is 5.78 Å². The largest absolute Gasteiger partial charge is 0.330 e. The molecule has 0 aliphatic heterocycles. The van der Waals surface area contributed by atoms with Crippen LogP contribution in [0, 0.1) is 11.6 Å². The fourth-order valence-electron chi connectivity index (χ4n) is 0.985. The summed E-state index contributed by atoms with van der Waals surface area (Å²) < 4.78 is 25.6. The Morgan fingerprint density at radius 1 is 1.38 bits per heavy atom. The summed E-state index contributed by atoms with van der Waals surface area (Å²) in [5, 5.41) is 0. The van der Waals surface area contributed by atoms with Gasteiger partial charge in [-0.25, -0.2) is 8.78 Å². The Morgan fingerprint density at radius 2 is 2.08 bits per heavy atom. The summed E-state index contributed by atoms with van der Waals surface area (Å²) in [5.41, 5.74) is 4.89. The summed E-state index contributed by atoms with van der Waals surface area (Å²) in [7, 11) is 0. The van der Waals surface area contributed by atoms with E-state index < -0.39 is 17.4 Å². The minimum absolute atomic E-state index is 0.0281. The second kappa shape index (κ2) is 4.09. The lowest BCUT2D eigenvalue weighted by atomic mass is 10.1. The normalized spacial score (nSPS) is 10.1. The molecular formula is C9H9F2NO. The summed E-state index contributed by atoms with van der Waals surface area (Å²) in [5.74, 6) is -2.58. The van der Waals surface area contributed by atoms with Gasteiger partial charge < -0.3 is 5.73 Å². The first kappa shape index (κ1) is 9.80. The highest BCUT2D eigenvalue weighted by molar-refractivity contribution is 5.96. The number of carbonyl (C=O) groups is 1. The molecule has 1 rings (SSSR count). The number of benzene rings is 1. The zero-order valence-corrected chi connectivity index (χ0v) is 6.89. The zero-order chi connectivity index (χ0) is 9.84. The van der Waals surface area contributed by atoms with E-state index in [0.29, 0.717) is 0 Å². The van der Waals surface area contributed by atoms with Crippen LogP contribution >= 0.6 is 0 Å². The number of ketones is 1. The molecule has 2 nitrogen and oxygen atoms in total. The lowest BCUT2D eigenvalue weighted by Gasteiger charge is -2.00. The molecule has 0 spiro atoms. The van der Waals surface area contributed by atoms with Gasteiger partial charge in [0.25, 0.3) is 0 Å². The third-order valence-corrected chi connectivity index (χ3v) is 1.62. The molecule has 2 N–H and O–H groups in total. The van der Waals surface area contributed by atoms with Crippen molar-refractivity contribution in [3.8, 4) is 0 Å². The number of hydrogen-bond donors (Lipinski definition) is 1. The molecule has 0 fully saturated rings. The van der Waals surface area contributed by atoms with E-state index in [-0.39, 0.29) is 18.5 Å². The lowest BCUT2D eigenvalue weighted by molar-refractivity contribution is 0.0980. The van der Waals surface area contributed by atoms with Crippen LogP contribution in [0.1, 0.15) is 16.8 Å². The van der Waals surface area contributed by atoms with Gasteiger partial charge in [-0.15, -0.1) is 0 Å². The third-order valence-electron chi connectivity index (χ3n) is 1.62. The average Bonchev–Trinajstić information content (AvgIpc) is 2.10. The van der Waals surface area contributed by atoms with Gasteiger partial charge in [0.2, 0.25) is 0 Å². The molecule has 0 aromatic heterocycles. The molecule has 0 saturated heterocycles. The summed E-state index contributed by atoms with van der Waals surface area (Å²) in [6.45, 7) is 0.134. The van der Waals surface area contributed by atoms with Crippen LogP contribution in [0.15, 0.2) is 18.2 Å². The van der Waals surface area contributed by atoms with Gasteiger partial charge in [0.15, 0.2) is 17.4 Å². The Kier molecular flexibility index (Phi) is 3.08. The Balaban J connectivity index is 3.01. The number of rotatable bonds is 3. The molecule has 0 amide bonds. The van der Waals surface area contributed by atoms with Gasteiger partial charge in [-0.3, -0.25) is 4.79 Å². The highest BCUT2D eigenvalue weighted by atomic mass is 19.2. The van der Waals surface area contributed by atoms with E-state index in [1.807, 2.05) is 0 Å². The third kappa shape index (κ3) is 2.09. The smallest absolute Gasteiger partial charge is 0.169 e. The highest BCUT2D eigenvalue weighted by Gasteiger charge is 2.13. The molecule has 70 valence electrons. The minimum atomic E-state index is -1.10. The molecule has 1 aromatic rings. The molecule has 0 aliphatic carbocycles. The fourth-order valence-corrected chi connectivity index (χ4v) is 0.985. The van der Waals surface area contributed by atoms with Gasteiger partial charge in [-0.05, 0) is 18.7 Å². The van der Waals surface area contributed by atoms with E-state index in [2.05, 4.69) is 0 Å². The van der Waals surface area contributed by atoms with Crippen molar-refractivity contribution in [2.75, 3.05) is 6.54 Å². The van der Waals surface area contributed by atoms with Crippen LogP contribution in [-0.4, -0.2) is 12.3 Å². The van der Waals surface area contributed by atoms with Crippen molar-refractivity contribution < 1.29 is 13.6 Å². The molecule has 0 saturated carbocycles. The second-order valence-corrected chi connectivity index (χ2v) is 2.56. The first-order chi connectivity index (χ1) is 6.16. The molecule has 0 aliphatic rings. The van der Waals surface area contributed by atoms with E-state index in [1.54, 1.807) is 0 Å². The fraction of sp³-hybridized carbons (Fsp3) is 0.222. The molecule has 0 radical (unpaired) electrons. The minimum Gasteiger partial charge on any atom is -0.330 e. The summed E-state index contributed by atoms with van der Waals surface area (Å²) in [6, 6.07) is 3.51. The Bertz CT molecular complexity index is 325. The predicted octanol–water partition coefficient (Wildman–Crippen LogP) is 1.50. The topological polar surface area (TPSA) is 43.1 Å². The average molecular weight is 185 g/mol. The molecule has 0 heterocycles.